The minimum atomic E-state index is 0.215. The third-order valence-corrected chi connectivity index (χ3v) is 7.98. The molecule has 1 saturated carbocycles. The van der Waals surface area contributed by atoms with Crippen molar-refractivity contribution < 1.29 is 4.79 Å². The van der Waals surface area contributed by atoms with Crippen LogP contribution < -0.4 is 5.32 Å². The Morgan fingerprint density at radius 2 is 1.91 bits per heavy atom. The van der Waals surface area contributed by atoms with Crippen LogP contribution >= 0.6 is 11.8 Å². The van der Waals surface area contributed by atoms with Gasteiger partial charge in [0, 0.05) is 42.2 Å². The van der Waals surface area contributed by atoms with E-state index in [1.807, 2.05) is 0 Å². The molecule has 4 aliphatic rings. The van der Waals surface area contributed by atoms with Crippen molar-refractivity contribution in [1.29, 1.82) is 0 Å². The molecule has 130 valence electrons. The summed E-state index contributed by atoms with van der Waals surface area (Å²) in [6, 6.07) is 1.35. The summed E-state index contributed by atoms with van der Waals surface area (Å²) in [6.45, 7) is 4.36. The SMILES string of the molecule is O=C(N[C@@H]1CCN2CCC[C@H]2C1)N1CCSC2(CCCCC2)C1. The fourth-order valence-electron chi connectivity index (χ4n) is 5.14. The average Bonchev–Trinajstić information content (AvgIpc) is 3.03. The smallest absolute Gasteiger partial charge is 0.317 e. The van der Waals surface area contributed by atoms with Crippen LogP contribution in [0.25, 0.3) is 0 Å². The van der Waals surface area contributed by atoms with Gasteiger partial charge in [0.05, 0.1) is 0 Å². The van der Waals surface area contributed by atoms with Gasteiger partial charge in [-0.2, -0.15) is 11.8 Å². The van der Waals surface area contributed by atoms with Crippen LogP contribution in [0.3, 0.4) is 0 Å². The lowest BCUT2D eigenvalue weighted by atomic mass is 9.87. The molecule has 2 atom stereocenters. The molecular weight excluding hydrogens is 306 g/mol. The molecule has 1 N–H and O–H groups in total. The summed E-state index contributed by atoms with van der Waals surface area (Å²) >= 11 is 2.14. The Hall–Kier alpha value is -0.420. The molecule has 1 spiro atoms. The molecule has 0 aromatic heterocycles. The van der Waals surface area contributed by atoms with Gasteiger partial charge in [0.2, 0.25) is 0 Å². The van der Waals surface area contributed by atoms with Crippen LogP contribution in [0.5, 0.6) is 0 Å². The lowest BCUT2D eigenvalue weighted by Crippen LogP contribution is -2.56. The number of fused-ring (bicyclic) bond motifs is 1. The standard InChI is InChI=1S/C18H31N3OS/c22-17(19-15-6-10-20-9-4-5-16(20)13-15)21-11-12-23-18(14-21)7-2-1-3-8-18/h15-16H,1-14H2,(H,19,22)/t15-,16+/m1/s1. The number of amides is 2. The Morgan fingerprint density at radius 1 is 1.04 bits per heavy atom. The van der Waals surface area contributed by atoms with Gasteiger partial charge < -0.3 is 15.1 Å². The van der Waals surface area contributed by atoms with Crippen LogP contribution in [0.4, 0.5) is 4.79 Å². The van der Waals surface area contributed by atoms with Gasteiger partial charge in [0.25, 0.3) is 0 Å². The number of urea groups is 1. The Kier molecular flexibility index (Phi) is 4.77. The number of hydrogen-bond acceptors (Lipinski definition) is 3. The van der Waals surface area contributed by atoms with Gasteiger partial charge in [0.15, 0.2) is 0 Å². The van der Waals surface area contributed by atoms with E-state index in [0.29, 0.717) is 10.8 Å². The van der Waals surface area contributed by atoms with Crippen LogP contribution in [-0.2, 0) is 0 Å². The van der Waals surface area contributed by atoms with Gasteiger partial charge in [-0.3, -0.25) is 0 Å². The highest BCUT2D eigenvalue weighted by Crippen LogP contribution is 2.42. The molecule has 0 aromatic carbocycles. The first kappa shape index (κ1) is 16.1. The number of carbonyl (C=O) groups excluding carboxylic acids is 1. The van der Waals surface area contributed by atoms with Crippen molar-refractivity contribution in [3.8, 4) is 0 Å². The molecule has 3 aliphatic heterocycles. The molecule has 0 aromatic rings. The second kappa shape index (κ2) is 6.83. The molecular formula is C18H31N3OS. The van der Waals surface area contributed by atoms with E-state index in [-0.39, 0.29) is 6.03 Å². The number of nitrogens with zero attached hydrogens (tertiary/aromatic N) is 2. The number of carbonyl (C=O) groups is 1. The third kappa shape index (κ3) is 3.51. The van der Waals surface area contributed by atoms with Crippen molar-refractivity contribution in [1.82, 2.24) is 15.1 Å². The van der Waals surface area contributed by atoms with E-state index in [0.717, 1.165) is 31.3 Å². The van der Waals surface area contributed by atoms with E-state index in [2.05, 4.69) is 26.9 Å². The monoisotopic (exact) mass is 337 g/mol. The third-order valence-electron chi connectivity index (χ3n) is 6.45. The Bertz CT molecular complexity index is 432. The van der Waals surface area contributed by atoms with Crippen LogP contribution in [-0.4, -0.2) is 64.6 Å². The van der Waals surface area contributed by atoms with Gasteiger partial charge in [-0.1, -0.05) is 19.3 Å². The lowest BCUT2D eigenvalue weighted by molar-refractivity contribution is 0.150. The van der Waals surface area contributed by atoms with Crippen molar-refractivity contribution in [2.75, 3.05) is 31.9 Å². The zero-order chi connectivity index (χ0) is 15.7. The first-order chi connectivity index (χ1) is 11.2. The zero-order valence-electron chi connectivity index (χ0n) is 14.3. The van der Waals surface area contributed by atoms with Crippen molar-refractivity contribution in [3.05, 3.63) is 0 Å². The zero-order valence-corrected chi connectivity index (χ0v) is 15.1. The number of rotatable bonds is 1. The number of piperidine rings is 1. The summed E-state index contributed by atoms with van der Waals surface area (Å²) in [5.41, 5.74) is 0. The molecule has 0 unspecified atom stereocenters. The second-order valence-corrected chi connectivity index (χ2v) is 9.58. The highest BCUT2D eigenvalue weighted by molar-refractivity contribution is 8.00. The molecule has 3 heterocycles. The number of hydrogen-bond donors (Lipinski definition) is 1. The van der Waals surface area contributed by atoms with Crippen molar-refractivity contribution in [2.24, 2.45) is 0 Å². The normalized spacial score (nSPS) is 34.3. The highest BCUT2D eigenvalue weighted by Gasteiger charge is 2.39. The molecule has 4 rings (SSSR count). The molecule has 4 fully saturated rings. The van der Waals surface area contributed by atoms with E-state index in [4.69, 9.17) is 0 Å². The number of nitrogens with one attached hydrogen (secondary N) is 1. The quantitative estimate of drug-likeness (QED) is 0.799. The largest absolute Gasteiger partial charge is 0.335 e. The van der Waals surface area contributed by atoms with E-state index in [9.17, 15) is 4.79 Å². The van der Waals surface area contributed by atoms with Gasteiger partial charge in [-0.25, -0.2) is 4.79 Å². The lowest BCUT2D eigenvalue weighted by Gasteiger charge is -2.45. The molecule has 3 saturated heterocycles. The van der Waals surface area contributed by atoms with Crippen molar-refractivity contribution in [3.63, 3.8) is 0 Å². The fraction of sp³-hybridized carbons (Fsp3) is 0.944. The molecule has 1 aliphatic carbocycles. The fourth-order valence-corrected chi connectivity index (χ4v) is 6.71. The first-order valence-corrected chi connectivity index (χ1v) is 10.7. The Morgan fingerprint density at radius 3 is 2.78 bits per heavy atom. The summed E-state index contributed by atoms with van der Waals surface area (Å²) in [6.07, 6.45) is 11.7. The van der Waals surface area contributed by atoms with Crippen LogP contribution in [0.2, 0.25) is 0 Å². The predicted octanol–water partition coefficient (Wildman–Crippen LogP) is 3.07. The topological polar surface area (TPSA) is 35.6 Å². The van der Waals surface area contributed by atoms with E-state index in [1.54, 1.807) is 0 Å². The molecule has 2 amide bonds. The molecule has 0 bridgehead atoms. The van der Waals surface area contributed by atoms with E-state index < -0.39 is 0 Å². The second-order valence-electron chi connectivity index (χ2n) is 8.02. The summed E-state index contributed by atoms with van der Waals surface area (Å²) in [5, 5.41) is 3.37. The van der Waals surface area contributed by atoms with E-state index in [1.165, 1.54) is 64.5 Å². The van der Waals surface area contributed by atoms with Crippen LogP contribution in [0.1, 0.15) is 57.8 Å². The molecule has 23 heavy (non-hydrogen) atoms. The summed E-state index contributed by atoms with van der Waals surface area (Å²) in [5.74, 6) is 1.12. The van der Waals surface area contributed by atoms with Crippen molar-refractivity contribution in [2.45, 2.75) is 74.6 Å². The maximum Gasteiger partial charge on any atom is 0.317 e. The maximum absolute atomic E-state index is 12.8. The summed E-state index contributed by atoms with van der Waals surface area (Å²) in [7, 11) is 0. The minimum absolute atomic E-state index is 0.215. The molecule has 5 heteroatoms. The van der Waals surface area contributed by atoms with Gasteiger partial charge in [0.1, 0.15) is 0 Å². The van der Waals surface area contributed by atoms with Crippen molar-refractivity contribution >= 4 is 17.8 Å². The first-order valence-electron chi connectivity index (χ1n) is 9.68. The minimum Gasteiger partial charge on any atom is -0.335 e. The van der Waals surface area contributed by atoms with Crippen LogP contribution in [0, 0.1) is 0 Å². The average molecular weight is 338 g/mol. The van der Waals surface area contributed by atoms with Gasteiger partial charge in [-0.15, -0.1) is 0 Å². The maximum atomic E-state index is 12.8. The molecule has 4 nitrogen and oxygen atoms in total. The highest BCUT2D eigenvalue weighted by atomic mass is 32.2. The summed E-state index contributed by atoms with van der Waals surface area (Å²) < 4.78 is 0.378. The summed E-state index contributed by atoms with van der Waals surface area (Å²) in [4.78, 5) is 17.5. The van der Waals surface area contributed by atoms with Gasteiger partial charge >= 0.3 is 6.03 Å². The molecule has 0 radical (unpaired) electrons. The number of thioether (sulfide) groups is 1. The predicted molar refractivity (Wildman–Crippen MR) is 96.0 cm³/mol. The van der Waals surface area contributed by atoms with Gasteiger partial charge in [-0.05, 0) is 45.1 Å². The Balaban J connectivity index is 1.31. The Labute approximate surface area is 144 Å². The van der Waals surface area contributed by atoms with Crippen LogP contribution in [0.15, 0.2) is 0 Å². The van der Waals surface area contributed by atoms with E-state index >= 15 is 0 Å².